The zero-order valence-electron chi connectivity index (χ0n) is 38.0. The predicted molar refractivity (Wildman–Crippen MR) is 239 cm³/mol. The molecule has 350 valence electrons. The number of ether oxygens (including phenoxy) is 5. The first-order chi connectivity index (χ1) is 31.3. The SMILES string of the molecule is COC1/C=C/OC2(C)Oc3c(C)c(O)c4c(c3C2=O)C(=O)/C(=C\NNC2=CC=C(Oc3ccccc3)NN2)C(=NC(=O)C(C)=C/C=C/C(C)C(O)C(C)C(O)C(C)C(OC(C)=O)C1C)C4=O. The minimum Gasteiger partial charge on any atom is -0.507 e. The van der Waals surface area contributed by atoms with Crippen molar-refractivity contribution in [3.05, 3.63) is 124 Å². The molecular formula is C48H55N5O13. The lowest BCUT2D eigenvalue weighted by Gasteiger charge is -2.38. The van der Waals surface area contributed by atoms with Crippen LogP contribution in [0.1, 0.15) is 85.1 Å². The van der Waals surface area contributed by atoms with E-state index in [1.165, 1.54) is 53.0 Å². The molecule has 2 aromatic carbocycles. The number of nitrogens with zero attached hydrogens (tertiary/aromatic N) is 1. The lowest BCUT2D eigenvalue weighted by Crippen LogP contribution is -2.46. The van der Waals surface area contributed by atoms with E-state index in [0.29, 0.717) is 17.5 Å². The number of nitrogens with one attached hydrogen (secondary N) is 4. The summed E-state index contributed by atoms with van der Waals surface area (Å²) >= 11 is 0. The van der Waals surface area contributed by atoms with Crippen LogP contribution in [0.2, 0.25) is 0 Å². The highest BCUT2D eigenvalue weighted by atomic mass is 16.7. The van der Waals surface area contributed by atoms with Crippen molar-refractivity contribution in [3.8, 4) is 17.2 Å². The fraction of sp³-hybridized carbons (Fsp3) is 0.375. The van der Waals surface area contributed by atoms with Gasteiger partial charge in [0, 0.05) is 68.0 Å². The molecule has 18 nitrogen and oxygen atoms in total. The van der Waals surface area contributed by atoms with Crippen molar-refractivity contribution in [2.75, 3.05) is 7.11 Å². The second kappa shape index (κ2) is 20.0. The highest BCUT2D eigenvalue weighted by Gasteiger charge is 2.53. The number of aliphatic imine (C=N–C) groups is 1. The number of phenolic OH excluding ortho intramolecular Hbond substituents is 1. The average molecular weight is 910 g/mol. The lowest BCUT2D eigenvalue weighted by molar-refractivity contribution is -0.160. The van der Waals surface area contributed by atoms with Crippen molar-refractivity contribution < 1.29 is 63.0 Å². The number of esters is 1. The highest BCUT2D eigenvalue weighted by Crippen LogP contribution is 2.48. The molecule has 1 aliphatic carbocycles. The van der Waals surface area contributed by atoms with Crippen LogP contribution < -0.4 is 31.2 Å². The summed E-state index contributed by atoms with van der Waals surface area (Å²) in [6.07, 6.45) is 7.41. The van der Waals surface area contributed by atoms with Gasteiger partial charge in [0.2, 0.25) is 11.7 Å². The largest absolute Gasteiger partial charge is 0.507 e. The van der Waals surface area contributed by atoms with Crippen molar-refractivity contribution >= 4 is 34.9 Å². The van der Waals surface area contributed by atoms with E-state index in [9.17, 15) is 39.3 Å². The number of carbonyl (C=O) groups excluding carboxylic acids is 5. The predicted octanol–water partition coefficient (Wildman–Crippen LogP) is 4.45. The van der Waals surface area contributed by atoms with E-state index in [1.54, 1.807) is 58.1 Å². The van der Waals surface area contributed by atoms with Crippen molar-refractivity contribution in [1.29, 1.82) is 0 Å². The van der Waals surface area contributed by atoms with E-state index in [-0.39, 0.29) is 22.4 Å². The number of aliphatic hydroxyl groups is 2. The van der Waals surface area contributed by atoms with Crippen LogP contribution in [-0.2, 0) is 23.8 Å². The third-order valence-corrected chi connectivity index (χ3v) is 12.0. The van der Waals surface area contributed by atoms with Crippen molar-refractivity contribution in [3.63, 3.8) is 0 Å². The molecule has 0 aromatic heterocycles. The molecule has 0 saturated carbocycles. The molecule has 4 heterocycles. The fourth-order valence-electron chi connectivity index (χ4n) is 8.10. The van der Waals surface area contributed by atoms with Crippen LogP contribution in [0.4, 0.5) is 0 Å². The van der Waals surface area contributed by atoms with Gasteiger partial charge in [-0.1, -0.05) is 64.1 Å². The third kappa shape index (κ3) is 9.80. The number of rotatable bonds is 7. The monoisotopic (exact) mass is 909 g/mol. The van der Waals surface area contributed by atoms with Gasteiger partial charge in [0.25, 0.3) is 11.7 Å². The van der Waals surface area contributed by atoms with Gasteiger partial charge in [-0.2, -0.15) is 0 Å². The van der Waals surface area contributed by atoms with Gasteiger partial charge in [-0.05, 0) is 38.1 Å². The number of aliphatic hydroxyl groups excluding tert-OH is 2. The van der Waals surface area contributed by atoms with Gasteiger partial charge in [0.1, 0.15) is 34.9 Å². The van der Waals surface area contributed by atoms with Gasteiger partial charge in [-0.25, -0.2) is 4.99 Å². The molecule has 9 atom stereocenters. The highest BCUT2D eigenvalue weighted by molar-refractivity contribution is 6.63. The summed E-state index contributed by atoms with van der Waals surface area (Å²) in [7, 11) is 1.41. The van der Waals surface area contributed by atoms with Crippen LogP contribution in [-0.4, -0.2) is 87.6 Å². The Kier molecular flexibility index (Phi) is 14.7. The summed E-state index contributed by atoms with van der Waals surface area (Å²) in [5.41, 5.74) is 8.81. The van der Waals surface area contributed by atoms with Gasteiger partial charge >= 0.3 is 11.8 Å². The number of fused-ring (bicyclic) bond motifs is 14. The Labute approximate surface area is 381 Å². The number of aromatic hydroxyl groups is 1. The van der Waals surface area contributed by atoms with Crippen LogP contribution in [0.25, 0.3) is 0 Å². The molecular weight excluding hydrogens is 855 g/mol. The zero-order chi connectivity index (χ0) is 48.2. The number of carbonyl (C=O) groups is 5. The standard InChI is InChI=1S/C48H55N5O13/c1-23-14-13-15-24(2)47(61)50-38-31(22-49-51-33-18-19-34(53-52-33)65-30-16-11-10-12-17-30)42(58)35-36(43(38)59)41(57)28(6)45-37(35)46(60)48(8,66-45)63-21-20-32(62-9)25(3)44(64-29(7)54)27(5)40(56)26(4)39(23)55/h10-23,25-27,32,39-40,44,49,51-53,55-57H,1-9H3/b14-13+,21-20+,24-15?,31-22-,50-38?. The second-order valence-electron chi connectivity index (χ2n) is 16.7. The molecule has 0 saturated heterocycles. The van der Waals surface area contributed by atoms with Gasteiger partial charge in [-0.15, -0.1) is 0 Å². The third-order valence-electron chi connectivity index (χ3n) is 12.0. The van der Waals surface area contributed by atoms with Gasteiger partial charge < -0.3 is 44.4 Å². The zero-order valence-corrected chi connectivity index (χ0v) is 38.0. The maximum atomic E-state index is 14.7. The molecule has 66 heavy (non-hydrogen) atoms. The number of methoxy groups -OCH3 is 1. The van der Waals surface area contributed by atoms with Crippen LogP contribution in [0.15, 0.2) is 107 Å². The van der Waals surface area contributed by atoms with Crippen LogP contribution >= 0.6 is 0 Å². The van der Waals surface area contributed by atoms with E-state index >= 15 is 0 Å². The lowest BCUT2D eigenvalue weighted by atomic mass is 9.78. The van der Waals surface area contributed by atoms with E-state index in [4.69, 9.17) is 23.7 Å². The molecule has 0 radical (unpaired) electrons. The maximum Gasteiger partial charge on any atom is 0.312 e. The smallest absolute Gasteiger partial charge is 0.312 e. The number of hydrazine groups is 2. The van der Waals surface area contributed by atoms with Crippen molar-refractivity contribution in [2.24, 2.45) is 28.7 Å². The molecule has 5 bridgehead atoms. The number of benzene rings is 2. The Morgan fingerprint density at radius 2 is 1.61 bits per heavy atom. The van der Waals surface area contributed by atoms with Crippen molar-refractivity contribution in [2.45, 2.75) is 85.6 Å². The number of phenols is 1. The number of amides is 1. The van der Waals surface area contributed by atoms with E-state index < -0.39 is 111 Å². The van der Waals surface area contributed by atoms with Crippen LogP contribution in [0, 0.1) is 30.6 Å². The molecule has 18 heteroatoms. The Bertz CT molecular complexity index is 2510. The van der Waals surface area contributed by atoms with Gasteiger partial charge in [0.15, 0.2) is 5.78 Å². The molecule has 4 aliphatic heterocycles. The number of hydrogen-bond acceptors (Lipinski definition) is 17. The van der Waals surface area contributed by atoms with Crippen molar-refractivity contribution in [1.82, 2.24) is 21.7 Å². The number of Topliss-reactive ketones (excluding diaryl/α,β-unsaturated/α-hetero) is 3. The second-order valence-corrected chi connectivity index (χ2v) is 16.7. The first kappa shape index (κ1) is 48.4. The summed E-state index contributed by atoms with van der Waals surface area (Å²) < 4.78 is 29.3. The summed E-state index contributed by atoms with van der Waals surface area (Å²) in [5, 5.41) is 34.5. The van der Waals surface area contributed by atoms with Crippen LogP contribution in [0.3, 0.4) is 0 Å². The van der Waals surface area contributed by atoms with E-state index in [0.717, 1.165) is 12.5 Å². The van der Waals surface area contributed by atoms with Crippen LogP contribution in [0.5, 0.6) is 17.2 Å². The van der Waals surface area contributed by atoms with Gasteiger partial charge in [-0.3, -0.25) is 40.3 Å². The Balaban J connectivity index is 1.43. The molecule has 7 rings (SSSR count). The Morgan fingerprint density at radius 3 is 2.26 bits per heavy atom. The molecule has 0 spiro atoms. The quantitative estimate of drug-likeness (QED) is 0.115. The van der Waals surface area contributed by atoms with E-state index in [1.807, 2.05) is 18.2 Å². The first-order valence-electron chi connectivity index (χ1n) is 21.3. The number of hydrogen-bond donors (Lipinski definition) is 7. The number of ketones is 3. The average Bonchev–Trinajstić information content (AvgIpc) is 3.56. The Morgan fingerprint density at radius 1 is 0.894 bits per heavy atom. The van der Waals surface area contributed by atoms with E-state index in [2.05, 4.69) is 26.7 Å². The van der Waals surface area contributed by atoms with Gasteiger partial charge in [0.05, 0.1) is 46.8 Å². The Hall–Kier alpha value is -7.02. The number of para-hydroxylation sites is 1. The minimum atomic E-state index is -2.14. The summed E-state index contributed by atoms with van der Waals surface area (Å²) in [4.78, 5) is 73.9. The minimum absolute atomic E-state index is 0.0286. The number of allylic oxidation sites excluding steroid dienone is 5. The fourth-order valence-corrected chi connectivity index (χ4v) is 8.10. The molecule has 5 aliphatic rings. The maximum absolute atomic E-state index is 14.7. The molecule has 9 unspecified atom stereocenters. The first-order valence-corrected chi connectivity index (χ1v) is 21.3. The summed E-state index contributed by atoms with van der Waals surface area (Å²) in [6, 6.07) is 9.04. The normalized spacial score (nSPS) is 29.7. The molecule has 2 aromatic rings. The summed E-state index contributed by atoms with van der Waals surface area (Å²) in [5.74, 6) is -8.78. The molecule has 0 fully saturated rings. The summed E-state index contributed by atoms with van der Waals surface area (Å²) in [6.45, 7) is 12.2. The molecule has 7 N–H and O–H groups in total. The molecule has 1 amide bonds. The topological polar surface area (TPSA) is 253 Å².